The molecule has 4 fully saturated rings. The highest BCUT2D eigenvalue weighted by atomic mass is 35.5. The Balaban J connectivity index is 1.09. The summed E-state index contributed by atoms with van der Waals surface area (Å²) in [6, 6.07) is 7.23. The number of Topliss-reactive ketones (excluding diaryl/α,β-unsaturated/α-hetero) is 1. The van der Waals surface area contributed by atoms with E-state index < -0.39 is 46.2 Å². The molecule has 9 heteroatoms. The SMILES string of the molecule is CCCCCCCCCCCCCCCCOCC(=O)[C@@]12ON(c3ccc(Cl)cc3)C[C@@H]1C[C@H]1[C@@H]3C[C@H](F)C4=CC(=O)C=C[C@]4(C)[C@@]3(F)[C@@H](O)C[C@@]12C. The number of hydrogen-bond donors (Lipinski definition) is 1. The predicted molar refractivity (Wildman–Crippen MR) is 206 cm³/mol. The second-order valence-electron chi connectivity index (χ2n) is 17.2. The van der Waals surface area contributed by atoms with Gasteiger partial charge in [-0.2, -0.15) is 0 Å². The van der Waals surface area contributed by atoms with Gasteiger partial charge in [-0.1, -0.05) is 115 Å². The van der Waals surface area contributed by atoms with Crippen LogP contribution in [-0.2, 0) is 19.2 Å². The van der Waals surface area contributed by atoms with Gasteiger partial charge in [-0.05, 0) is 80.5 Å². The number of carbonyl (C=O) groups is 2. The van der Waals surface area contributed by atoms with Gasteiger partial charge in [0.2, 0.25) is 0 Å². The summed E-state index contributed by atoms with van der Waals surface area (Å²) in [5.41, 5.74) is -5.25. The quantitative estimate of drug-likeness (QED) is 0.142. The summed E-state index contributed by atoms with van der Waals surface area (Å²) in [5.74, 6) is -2.24. The van der Waals surface area contributed by atoms with Crippen LogP contribution in [-0.4, -0.2) is 60.0 Å². The van der Waals surface area contributed by atoms with Crippen molar-refractivity contribution in [2.45, 2.75) is 153 Å². The number of aliphatic hydroxyl groups excluding tert-OH is 1. The van der Waals surface area contributed by atoms with Crippen LogP contribution < -0.4 is 5.06 Å². The average Bonchev–Trinajstić information content (AvgIpc) is 3.63. The lowest BCUT2D eigenvalue weighted by Gasteiger charge is -2.63. The number of nitrogens with zero attached hydrogens (tertiary/aromatic N) is 1. The van der Waals surface area contributed by atoms with Crippen molar-refractivity contribution in [3.05, 3.63) is 53.1 Å². The van der Waals surface area contributed by atoms with Gasteiger partial charge in [0.05, 0.1) is 18.3 Å². The second kappa shape index (κ2) is 16.9. The standard InChI is InChI=1S/C44H62ClF2NO5/c1-4-5-6-7-8-9-10-11-12-13-14-15-16-17-24-52-30-40(51)44-31(29-48(53-44)33-20-18-32(45)19-21-33)25-35-36-27-38(46)37-26-34(49)22-23-41(37,2)43(36,47)39(50)28-42(35,44)3/h18-23,26,31,35-36,38-39,50H,4-17,24-25,27-30H2,1-3H3/t31-,35-,36-,38-,39-,41-,42-,43-,44-/m0/s1. The second-order valence-corrected chi connectivity index (χ2v) is 17.7. The minimum atomic E-state index is -2.22. The Morgan fingerprint density at radius 3 is 2.17 bits per heavy atom. The zero-order valence-corrected chi connectivity index (χ0v) is 33.0. The molecule has 0 spiro atoms. The van der Waals surface area contributed by atoms with Gasteiger partial charge >= 0.3 is 0 Å². The van der Waals surface area contributed by atoms with E-state index >= 15 is 8.78 Å². The number of benzene rings is 1. The lowest BCUT2D eigenvalue weighted by molar-refractivity contribution is -0.228. The van der Waals surface area contributed by atoms with Crippen molar-refractivity contribution in [2.24, 2.45) is 28.6 Å². The molecule has 294 valence electrons. The Kier molecular flexibility index (Phi) is 12.9. The Hall–Kier alpha value is -2.13. The molecule has 1 heterocycles. The summed E-state index contributed by atoms with van der Waals surface area (Å²) in [4.78, 5) is 33.7. The van der Waals surface area contributed by atoms with Gasteiger partial charge in [0.25, 0.3) is 0 Å². The van der Waals surface area contributed by atoms with Gasteiger partial charge in [-0.25, -0.2) is 8.78 Å². The molecule has 53 heavy (non-hydrogen) atoms. The molecule has 1 N–H and O–H groups in total. The monoisotopic (exact) mass is 757 g/mol. The molecule has 6 nitrogen and oxygen atoms in total. The van der Waals surface area contributed by atoms with Crippen LogP contribution in [0.3, 0.4) is 0 Å². The first kappa shape index (κ1) is 40.5. The Morgan fingerprint density at radius 1 is 0.943 bits per heavy atom. The Morgan fingerprint density at radius 2 is 1.55 bits per heavy atom. The van der Waals surface area contributed by atoms with Gasteiger partial charge in [0.1, 0.15) is 12.8 Å². The van der Waals surface area contributed by atoms with Crippen LogP contribution in [0.15, 0.2) is 48.1 Å². The van der Waals surface area contributed by atoms with E-state index in [1.807, 2.05) is 19.1 Å². The largest absolute Gasteiger partial charge is 0.390 e. The van der Waals surface area contributed by atoms with Crippen molar-refractivity contribution < 1.29 is 33.1 Å². The number of fused-ring (bicyclic) bond motifs is 7. The number of aliphatic hydroxyl groups is 1. The third kappa shape index (κ3) is 7.45. The van der Waals surface area contributed by atoms with Gasteiger partial charge in [-0.3, -0.25) is 19.5 Å². The van der Waals surface area contributed by atoms with Crippen LogP contribution in [0.2, 0.25) is 5.02 Å². The number of halogens is 3. The molecule has 0 bridgehead atoms. The zero-order chi connectivity index (χ0) is 37.9. The van der Waals surface area contributed by atoms with E-state index in [2.05, 4.69) is 6.92 Å². The molecule has 0 amide bonds. The summed E-state index contributed by atoms with van der Waals surface area (Å²) in [6.45, 7) is 6.50. The van der Waals surface area contributed by atoms with E-state index in [0.717, 1.165) is 24.9 Å². The first-order valence-corrected chi connectivity index (χ1v) is 21.1. The van der Waals surface area contributed by atoms with E-state index in [9.17, 15) is 14.7 Å². The smallest absolute Gasteiger partial charge is 0.193 e. The molecule has 1 aromatic carbocycles. The van der Waals surface area contributed by atoms with Crippen LogP contribution in [0.1, 0.15) is 130 Å². The highest BCUT2D eigenvalue weighted by molar-refractivity contribution is 6.30. The Labute approximate surface area is 321 Å². The Bertz CT molecular complexity index is 1500. The molecule has 3 saturated carbocycles. The van der Waals surface area contributed by atoms with E-state index in [1.54, 1.807) is 24.1 Å². The van der Waals surface area contributed by atoms with Crippen LogP contribution in [0.4, 0.5) is 14.5 Å². The summed E-state index contributed by atoms with van der Waals surface area (Å²) in [7, 11) is 0. The molecule has 6 rings (SSSR count). The molecule has 0 unspecified atom stereocenters. The van der Waals surface area contributed by atoms with Gasteiger partial charge in [0, 0.05) is 34.3 Å². The van der Waals surface area contributed by atoms with Crippen molar-refractivity contribution in [3.8, 4) is 0 Å². The van der Waals surface area contributed by atoms with E-state index in [1.165, 1.54) is 88.9 Å². The first-order chi connectivity index (χ1) is 25.4. The van der Waals surface area contributed by atoms with Crippen LogP contribution in [0.25, 0.3) is 0 Å². The number of alkyl halides is 2. The molecule has 1 aromatic rings. The molecule has 5 aliphatic rings. The topological polar surface area (TPSA) is 76.1 Å². The minimum absolute atomic E-state index is 0.0398. The molecule has 1 aliphatic heterocycles. The van der Waals surface area contributed by atoms with Crippen molar-refractivity contribution in [1.29, 1.82) is 0 Å². The molecular weight excluding hydrogens is 696 g/mol. The summed E-state index contributed by atoms with van der Waals surface area (Å²) in [5, 5.41) is 14.2. The number of rotatable bonds is 19. The van der Waals surface area contributed by atoms with Crippen molar-refractivity contribution in [1.82, 2.24) is 0 Å². The highest BCUT2D eigenvalue weighted by Crippen LogP contribution is 2.72. The summed E-state index contributed by atoms with van der Waals surface area (Å²) in [6.07, 6.45) is 18.8. The maximum absolute atomic E-state index is 17.8. The number of ether oxygens (including phenoxy) is 1. The lowest BCUT2D eigenvalue weighted by Crippen LogP contribution is -2.70. The molecule has 0 radical (unpaired) electrons. The third-order valence-electron chi connectivity index (χ3n) is 14.0. The van der Waals surface area contributed by atoms with Gasteiger partial charge < -0.3 is 9.84 Å². The predicted octanol–water partition coefficient (Wildman–Crippen LogP) is 10.4. The van der Waals surface area contributed by atoms with Crippen LogP contribution in [0, 0.1) is 28.6 Å². The number of hydroxylamine groups is 1. The fourth-order valence-corrected chi connectivity index (χ4v) is 11.3. The van der Waals surface area contributed by atoms with Crippen molar-refractivity contribution in [3.63, 3.8) is 0 Å². The summed E-state index contributed by atoms with van der Waals surface area (Å²) < 4.78 is 40.0. The van der Waals surface area contributed by atoms with E-state index in [-0.39, 0.29) is 42.5 Å². The lowest BCUT2D eigenvalue weighted by atomic mass is 9.44. The van der Waals surface area contributed by atoms with E-state index in [4.69, 9.17) is 21.2 Å². The van der Waals surface area contributed by atoms with Crippen molar-refractivity contribution >= 4 is 28.9 Å². The van der Waals surface area contributed by atoms with Crippen LogP contribution >= 0.6 is 11.6 Å². The number of hydrogen-bond acceptors (Lipinski definition) is 6. The van der Waals surface area contributed by atoms with Gasteiger partial charge in [-0.15, -0.1) is 0 Å². The summed E-state index contributed by atoms with van der Waals surface area (Å²) >= 11 is 6.19. The van der Waals surface area contributed by atoms with Crippen molar-refractivity contribution in [2.75, 3.05) is 24.8 Å². The van der Waals surface area contributed by atoms with Crippen LogP contribution in [0.5, 0.6) is 0 Å². The molecule has 0 aromatic heterocycles. The highest BCUT2D eigenvalue weighted by Gasteiger charge is 2.79. The number of ketones is 2. The molecule has 9 atom stereocenters. The third-order valence-corrected chi connectivity index (χ3v) is 14.3. The number of allylic oxidation sites excluding steroid dienone is 4. The maximum atomic E-state index is 17.8. The first-order valence-electron chi connectivity index (χ1n) is 20.7. The van der Waals surface area contributed by atoms with E-state index in [0.29, 0.717) is 24.6 Å². The number of unbranched alkanes of at least 4 members (excludes halogenated alkanes) is 13. The minimum Gasteiger partial charge on any atom is -0.390 e. The van der Waals surface area contributed by atoms with Gasteiger partial charge in [0.15, 0.2) is 22.8 Å². The fraction of sp³-hybridized carbons (Fsp3) is 0.727. The number of carbonyl (C=O) groups excluding carboxylic acids is 2. The normalized spacial score (nSPS) is 35.8. The molecular formula is C44H62ClF2NO5. The zero-order valence-electron chi connectivity index (χ0n) is 32.2. The maximum Gasteiger partial charge on any atom is 0.193 e. The average molecular weight is 758 g/mol. The fourth-order valence-electron chi connectivity index (χ4n) is 11.2. The molecule has 1 saturated heterocycles. The number of anilines is 1. The molecule has 4 aliphatic carbocycles.